The molecule has 0 N–H and O–H groups in total. The Morgan fingerprint density at radius 1 is 1.15 bits per heavy atom. The van der Waals surface area contributed by atoms with E-state index in [1.165, 1.54) is 0 Å². The molecule has 0 aromatic rings. The number of hydrogen-bond acceptors (Lipinski definition) is 6. The molecule has 13 heteroatoms. The first-order chi connectivity index (χ1) is 9.69. The van der Waals surface area contributed by atoms with Crippen molar-refractivity contribution in [3.8, 4) is 0 Å². The minimum Gasteiger partial charge on any atom is -0.373 e. The highest BCUT2D eigenvalue weighted by molar-refractivity contribution is 5.98. The molecule has 4 amide bonds. The fourth-order valence-corrected chi connectivity index (χ4v) is 1.20. The van der Waals surface area contributed by atoms with E-state index in [1.807, 2.05) is 0 Å². The molecule has 1 rings (SSSR count). The summed E-state index contributed by atoms with van der Waals surface area (Å²) < 4.78 is 10.1. The van der Waals surface area contributed by atoms with Crippen molar-refractivity contribution in [2.24, 2.45) is 20.5 Å². The summed E-state index contributed by atoms with van der Waals surface area (Å²) in [4.78, 5) is 28.2. The van der Waals surface area contributed by atoms with Crippen LogP contribution in [-0.2, 0) is 9.47 Å². The van der Waals surface area contributed by atoms with Crippen molar-refractivity contribution in [2.75, 3.05) is 26.6 Å². The van der Waals surface area contributed by atoms with Crippen molar-refractivity contribution in [3.05, 3.63) is 20.9 Å². The lowest BCUT2D eigenvalue weighted by Crippen LogP contribution is -2.39. The number of urea groups is 2. The number of ether oxygens (including phenoxy) is 2. The number of hydrogen-bond donors (Lipinski definition) is 0. The van der Waals surface area contributed by atoms with Gasteiger partial charge in [-0.2, -0.15) is 0 Å². The standard InChI is InChI=1S/C7H9N9O4/c8-14-10-3-19-2-5(20-4-11-15-9)1-16-6(17)12-13-7(16)18/h5H,1-4H2. The van der Waals surface area contributed by atoms with E-state index in [0.29, 0.717) is 0 Å². The number of imide groups is 1. The van der Waals surface area contributed by atoms with Crippen LogP contribution in [0.1, 0.15) is 0 Å². The fraction of sp³-hybridized carbons (Fsp3) is 0.714. The average Bonchev–Trinajstić information content (AvgIpc) is 2.75. The van der Waals surface area contributed by atoms with Crippen molar-refractivity contribution in [1.29, 1.82) is 0 Å². The Hall–Kier alpha value is -2.72. The molecule has 0 saturated carbocycles. The van der Waals surface area contributed by atoms with Crippen LogP contribution in [0.5, 0.6) is 0 Å². The van der Waals surface area contributed by atoms with Crippen LogP contribution in [0, 0.1) is 0 Å². The lowest BCUT2D eigenvalue weighted by molar-refractivity contribution is -0.0190. The van der Waals surface area contributed by atoms with E-state index in [-0.39, 0.29) is 26.6 Å². The summed E-state index contributed by atoms with van der Waals surface area (Å²) >= 11 is 0. The highest BCUT2D eigenvalue weighted by Gasteiger charge is 2.30. The highest BCUT2D eigenvalue weighted by Crippen LogP contribution is 2.10. The van der Waals surface area contributed by atoms with Gasteiger partial charge < -0.3 is 9.47 Å². The second-order valence-electron chi connectivity index (χ2n) is 3.26. The van der Waals surface area contributed by atoms with Gasteiger partial charge in [-0.05, 0) is 11.1 Å². The molecule has 1 unspecified atom stereocenters. The molecule has 0 aliphatic carbocycles. The van der Waals surface area contributed by atoms with Crippen LogP contribution in [0.15, 0.2) is 20.5 Å². The summed E-state index contributed by atoms with van der Waals surface area (Å²) in [7, 11) is 0. The molecule has 0 radical (unpaired) electrons. The first-order valence-corrected chi connectivity index (χ1v) is 5.17. The topological polar surface area (TPSA) is 178 Å². The van der Waals surface area contributed by atoms with Gasteiger partial charge in [-0.1, -0.05) is 20.5 Å². The summed E-state index contributed by atoms with van der Waals surface area (Å²) in [5.74, 6) is 0. The van der Waals surface area contributed by atoms with Crippen LogP contribution in [0.4, 0.5) is 9.59 Å². The van der Waals surface area contributed by atoms with E-state index in [0.717, 1.165) is 4.90 Å². The van der Waals surface area contributed by atoms with Crippen LogP contribution in [-0.4, -0.2) is 49.7 Å². The zero-order chi connectivity index (χ0) is 14.8. The first-order valence-electron chi connectivity index (χ1n) is 5.17. The third-order valence-corrected chi connectivity index (χ3v) is 2.02. The lowest BCUT2D eigenvalue weighted by Gasteiger charge is -2.20. The van der Waals surface area contributed by atoms with Crippen LogP contribution in [0.25, 0.3) is 20.9 Å². The van der Waals surface area contributed by atoms with Crippen LogP contribution < -0.4 is 0 Å². The van der Waals surface area contributed by atoms with E-state index >= 15 is 0 Å². The van der Waals surface area contributed by atoms with E-state index in [9.17, 15) is 9.59 Å². The molecule has 106 valence electrons. The molecular formula is C7H9N9O4. The van der Waals surface area contributed by atoms with Gasteiger partial charge in [0.2, 0.25) is 0 Å². The molecule has 0 aromatic carbocycles. The fourth-order valence-electron chi connectivity index (χ4n) is 1.20. The molecule has 0 aromatic heterocycles. The Morgan fingerprint density at radius 3 is 2.35 bits per heavy atom. The number of rotatable bonds is 9. The quantitative estimate of drug-likeness (QED) is 0.271. The molecule has 1 heterocycles. The van der Waals surface area contributed by atoms with Gasteiger partial charge in [-0.15, -0.1) is 0 Å². The highest BCUT2D eigenvalue weighted by atomic mass is 16.5. The van der Waals surface area contributed by atoms with Crippen molar-refractivity contribution < 1.29 is 19.1 Å². The minimum absolute atomic E-state index is 0.0863. The largest absolute Gasteiger partial charge is 0.373 e. The van der Waals surface area contributed by atoms with Crippen molar-refractivity contribution in [2.45, 2.75) is 6.10 Å². The van der Waals surface area contributed by atoms with E-state index < -0.39 is 18.2 Å². The first kappa shape index (κ1) is 15.3. The summed E-state index contributed by atoms with van der Waals surface area (Å²) in [6.45, 7) is -0.815. The van der Waals surface area contributed by atoms with E-state index in [4.69, 9.17) is 20.5 Å². The minimum atomic E-state index is -0.817. The van der Waals surface area contributed by atoms with Crippen LogP contribution in [0.2, 0.25) is 0 Å². The number of nitrogens with zero attached hydrogens (tertiary/aromatic N) is 9. The van der Waals surface area contributed by atoms with Gasteiger partial charge in [-0.25, -0.2) is 14.5 Å². The number of azo groups is 1. The average molecular weight is 283 g/mol. The smallest absolute Gasteiger partial charge is 0.370 e. The molecule has 13 nitrogen and oxygen atoms in total. The number of carbonyl (C=O) groups is 2. The summed E-state index contributed by atoms with van der Waals surface area (Å²) in [5.41, 5.74) is 16.2. The zero-order valence-corrected chi connectivity index (χ0v) is 10.1. The maximum Gasteiger partial charge on any atom is 0.370 e. The van der Waals surface area contributed by atoms with Crippen molar-refractivity contribution in [1.82, 2.24) is 4.90 Å². The van der Waals surface area contributed by atoms with Crippen LogP contribution >= 0.6 is 0 Å². The van der Waals surface area contributed by atoms with E-state index in [2.05, 4.69) is 30.3 Å². The molecule has 0 bridgehead atoms. The molecule has 1 aliphatic rings. The molecular weight excluding hydrogens is 274 g/mol. The van der Waals surface area contributed by atoms with Gasteiger partial charge in [0.25, 0.3) is 0 Å². The third-order valence-electron chi connectivity index (χ3n) is 2.02. The molecule has 0 fully saturated rings. The van der Waals surface area contributed by atoms with Crippen molar-refractivity contribution >= 4 is 12.1 Å². The molecule has 20 heavy (non-hydrogen) atoms. The van der Waals surface area contributed by atoms with Gasteiger partial charge >= 0.3 is 12.1 Å². The second-order valence-corrected chi connectivity index (χ2v) is 3.26. The van der Waals surface area contributed by atoms with Gasteiger partial charge in [0, 0.05) is 9.82 Å². The van der Waals surface area contributed by atoms with Crippen molar-refractivity contribution in [3.63, 3.8) is 0 Å². The normalized spacial score (nSPS) is 14.9. The van der Waals surface area contributed by atoms with Crippen LogP contribution in [0.3, 0.4) is 0 Å². The summed E-state index contributed by atoms with van der Waals surface area (Å²) in [6.07, 6.45) is -0.772. The summed E-state index contributed by atoms with van der Waals surface area (Å²) in [6, 6.07) is -1.63. The zero-order valence-electron chi connectivity index (χ0n) is 10.1. The molecule has 0 spiro atoms. The maximum absolute atomic E-state index is 11.2. The second kappa shape index (κ2) is 8.39. The number of azide groups is 2. The summed E-state index contributed by atoms with van der Waals surface area (Å²) in [5, 5.41) is 12.4. The molecule has 1 aliphatic heterocycles. The van der Waals surface area contributed by atoms with Gasteiger partial charge in [0.05, 0.1) is 19.3 Å². The number of amides is 4. The SMILES string of the molecule is [N-]=[N+]=NCOCC(CN1C(=O)N=NC1=O)OCN=[N+]=[N-]. The Kier molecular flexibility index (Phi) is 6.44. The monoisotopic (exact) mass is 283 g/mol. The Labute approximate surface area is 111 Å². The third kappa shape index (κ3) is 4.88. The lowest BCUT2D eigenvalue weighted by atomic mass is 10.3. The van der Waals surface area contributed by atoms with E-state index in [1.54, 1.807) is 0 Å². The number of carbonyl (C=O) groups excluding carboxylic acids is 2. The van der Waals surface area contributed by atoms with Gasteiger partial charge in [0.15, 0.2) is 0 Å². The predicted molar refractivity (Wildman–Crippen MR) is 61.2 cm³/mol. The predicted octanol–water partition coefficient (Wildman–Crippen LogP) is 1.93. The van der Waals surface area contributed by atoms with Gasteiger partial charge in [0.1, 0.15) is 13.5 Å². The van der Waals surface area contributed by atoms with Gasteiger partial charge in [-0.3, -0.25) is 0 Å². The Balaban J connectivity index is 2.52. The Bertz CT molecular complexity index is 475. The Morgan fingerprint density at radius 2 is 1.75 bits per heavy atom. The molecule has 0 saturated heterocycles. The maximum atomic E-state index is 11.2. The molecule has 1 atom stereocenters.